The Labute approximate surface area is 151 Å². The summed E-state index contributed by atoms with van der Waals surface area (Å²) in [5.41, 5.74) is 0. The predicted octanol–water partition coefficient (Wildman–Crippen LogP) is 5.78. The number of benzene rings is 2. The molecule has 0 aliphatic heterocycles. The molecule has 0 N–H and O–H groups in total. The van der Waals surface area contributed by atoms with Crippen LogP contribution in [0.4, 0.5) is 0 Å². The van der Waals surface area contributed by atoms with Crippen molar-refractivity contribution < 1.29 is 14.3 Å². The van der Waals surface area contributed by atoms with Gasteiger partial charge in [-0.2, -0.15) is 0 Å². The molecular formula is C15H10BrCl3O3. The topological polar surface area (TPSA) is 35.5 Å². The Morgan fingerprint density at radius 3 is 2.32 bits per heavy atom. The molecule has 2 rings (SSSR count). The summed E-state index contributed by atoms with van der Waals surface area (Å²) in [5, 5.41) is 1.11. The summed E-state index contributed by atoms with van der Waals surface area (Å²) in [5.74, 6) is 0.0141. The lowest BCUT2D eigenvalue weighted by molar-refractivity contribution is -0.141. The molecule has 0 aromatic heterocycles. The van der Waals surface area contributed by atoms with Gasteiger partial charge in [0.1, 0.15) is 11.5 Å². The first kappa shape index (κ1) is 17.4. The van der Waals surface area contributed by atoms with E-state index in [2.05, 4.69) is 15.9 Å². The monoisotopic (exact) mass is 422 g/mol. The summed E-state index contributed by atoms with van der Waals surface area (Å²) >= 11 is 21.1. The Morgan fingerprint density at radius 1 is 1.05 bits per heavy atom. The highest BCUT2D eigenvalue weighted by atomic mass is 79.9. The quantitative estimate of drug-likeness (QED) is 0.461. The molecule has 0 aliphatic carbocycles. The van der Waals surface area contributed by atoms with Gasteiger partial charge in [0.25, 0.3) is 0 Å². The number of esters is 1. The van der Waals surface area contributed by atoms with Crippen molar-refractivity contribution in [1.82, 2.24) is 0 Å². The van der Waals surface area contributed by atoms with E-state index in [1.807, 2.05) is 0 Å². The van der Waals surface area contributed by atoms with Gasteiger partial charge in [0, 0.05) is 9.50 Å². The lowest BCUT2D eigenvalue weighted by Gasteiger charge is -2.15. The van der Waals surface area contributed by atoms with Crippen LogP contribution in [-0.4, -0.2) is 12.1 Å². The average molecular weight is 425 g/mol. The first-order valence-corrected chi connectivity index (χ1v) is 8.08. The average Bonchev–Trinajstić information content (AvgIpc) is 2.44. The molecule has 3 nitrogen and oxygen atoms in total. The van der Waals surface area contributed by atoms with Gasteiger partial charge in [0.2, 0.25) is 0 Å². The van der Waals surface area contributed by atoms with Crippen LogP contribution in [0.15, 0.2) is 40.9 Å². The Hall–Kier alpha value is -0.940. The molecule has 2 aromatic carbocycles. The smallest absolute Gasteiger partial charge is 0.352 e. The minimum atomic E-state index is -0.863. The zero-order chi connectivity index (χ0) is 16.3. The summed E-state index contributed by atoms with van der Waals surface area (Å²) in [6.07, 6.45) is -0.863. The molecule has 0 amide bonds. The van der Waals surface area contributed by atoms with Gasteiger partial charge in [-0.05, 0) is 43.3 Å². The van der Waals surface area contributed by atoms with Crippen LogP contribution < -0.4 is 9.47 Å². The highest BCUT2D eigenvalue weighted by Gasteiger charge is 2.19. The van der Waals surface area contributed by atoms with Crippen LogP contribution >= 0.6 is 50.7 Å². The minimum Gasteiger partial charge on any atom is -0.477 e. The highest BCUT2D eigenvalue weighted by molar-refractivity contribution is 9.10. The van der Waals surface area contributed by atoms with E-state index in [1.54, 1.807) is 37.3 Å². The molecule has 0 bridgehead atoms. The van der Waals surface area contributed by atoms with Crippen LogP contribution in [0.5, 0.6) is 11.5 Å². The summed E-state index contributed by atoms with van der Waals surface area (Å²) in [7, 11) is 0. The molecule has 0 saturated carbocycles. The van der Waals surface area contributed by atoms with E-state index in [1.165, 1.54) is 6.07 Å². The maximum Gasteiger partial charge on any atom is 0.352 e. The van der Waals surface area contributed by atoms with Crippen molar-refractivity contribution in [3.8, 4) is 11.5 Å². The van der Waals surface area contributed by atoms with E-state index < -0.39 is 12.1 Å². The van der Waals surface area contributed by atoms with Crippen molar-refractivity contribution in [3.63, 3.8) is 0 Å². The number of hydrogen-bond donors (Lipinski definition) is 0. The van der Waals surface area contributed by atoms with Crippen molar-refractivity contribution >= 4 is 56.7 Å². The fraction of sp³-hybridized carbons (Fsp3) is 0.133. The summed E-state index contributed by atoms with van der Waals surface area (Å²) in [6.45, 7) is 1.56. The zero-order valence-electron chi connectivity index (χ0n) is 11.3. The third-order valence-electron chi connectivity index (χ3n) is 2.63. The molecule has 22 heavy (non-hydrogen) atoms. The Morgan fingerprint density at radius 2 is 1.68 bits per heavy atom. The third kappa shape index (κ3) is 4.53. The van der Waals surface area contributed by atoms with Crippen LogP contribution in [0.2, 0.25) is 15.1 Å². The van der Waals surface area contributed by atoms with Crippen LogP contribution in [0.25, 0.3) is 0 Å². The van der Waals surface area contributed by atoms with Crippen LogP contribution in [0, 0.1) is 0 Å². The number of ether oxygens (including phenoxy) is 2. The number of rotatable bonds is 4. The van der Waals surface area contributed by atoms with E-state index in [9.17, 15) is 4.79 Å². The molecule has 0 heterocycles. The van der Waals surface area contributed by atoms with Gasteiger partial charge < -0.3 is 9.47 Å². The third-order valence-corrected chi connectivity index (χ3v) is 3.95. The summed E-state index contributed by atoms with van der Waals surface area (Å²) < 4.78 is 11.5. The SMILES string of the molecule is CC(Oc1ccc(Cl)cc1Cl)C(=O)Oc1ccc(Br)cc1Cl. The van der Waals surface area contributed by atoms with Gasteiger partial charge >= 0.3 is 5.97 Å². The van der Waals surface area contributed by atoms with Crippen LogP contribution in [0.1, 0.15) is 6.92 Å². The lowest BCUT2D eigenvalue weighted by Crippen LogP contribution is -2.28. The van der Waals surface area contributed by atoms with E-state index >= 15 is 0 Å². The van der Waals surface area contributed by atoms with Crippen molar-refractivity contribution in [2.45, 2.75) is 13.0 Å². The Kier molecular flexibility index (Phi) is 5.98. The number of halogens is 4. The molecule has 1 unspecified atom stereocenters. The Balaban J connectivity index is 2.05. The van der Waals surface area contributed by atoms with Gasteiger partial charge in [0.15, 0.2) is 6.10 Å². The summed E-state index contributed by atoms with van der Waals surface area (Å²) in [4.78, 5) is 12.0. The zero-order valence-corrected chi connectivity index (χ0v) is 15.1. The van der Waals surface area contributed by atoms with Gasteiger partial charge in [-0.1, -0.05) is 50.7 Å². The molecule has 0 aliphatic rings. The fourth-order valence-corrected chi connectivity index (χ4v) is 2.72. The number of carbonyl (C=O) groups is 1. The minimum absolute atomic E-state index is 0.257. The molecule has 7 heteroatoms. The van der Waals surface area contributed by atoms with Crippen molar-refractivity contribution in [2.24, 2.45) is 0 Å². The highest BCUT2D eigenvalue weighted by Crippen LogP contribution is 2.30. The van der Waals surface area contributed by atoms with Crippen molar-refractivity contribution in [3.05, 3.63) is 55.9 Å². The van der Waals surface area contributed by atoms with Crippen molar-refractivity contribution in [1.29, 1.82) is 0 Å². The van der Waals surface area contributed by atoms with E-state index in [4.69, 9.17) is 44.3 Å². The number of hydrogen-bond acceptors (Lipinski definition) is 3. The van der Waals surface area contributed by atoms with E-state index in [0.717, 1.165) is 4.47 Å². The van der Waals surface area contributed by atoms with Crippen LogP contribution in [-0.2, 0) is 4.79 Å². The predicted molar refractivity (Wildman–Crippen MR) is 91.3 cm³/mol. The molecular weight excluding hydrogens is 414 g/mol. The van der Waals surface area contributed by atoms with E-state index in [0.29, 0.717) is 20.8 Å². The van der Waals surface area contributed by atoms with E-state index in [-0.39, 0.29) is 5.75 Å². The maximum atomic E-state index is 12.0. The van der Waals surface area contributed by atoms with Gasteiger partial charge in [-0.25, -0.2) is 4.79 Å². The van der Waals surface area contributed by atoms with Gasteiger partial charge in [0.05, 0.1) is 10.0 Å². The van der Waals surface area contributed by atoms with Gasteiger partial charge in [-0.3, -0.25) is 0 Å². The largest absolute Gasteiger partial charge is 0.477 e. The molecule has 0 saturated heterocycles. The fourth-order valence-electron chi connectivity index (χ4n) is 1.56. The molecule has 0 fully saturated rings. The summed E-state index contributed by atoms with van der Waals surface area (Å²) in [6, 6.07) is 9.67. The second-order valence-electron chi connectivity index (χ2n) is 4.33. The van der Waals surface area contributed by atoms with Gasteiger partial charge in [-0.15, -0.1) is 0 Å². The lowest BCUT2D eigenvalue weighted by atomic mass is 10.3. The first-order valence-electron chi connectivity index (χ1n) is 6.15. The molecule has 0 spiro atoms. The normalized spacial score (nSPS) is 11.9. The second kappa shape index (κ2) is 7.55. The standard InChI is InChI=1S/C15H10BrCl3O3/c1-8(21-13-5-3-10(17)7-12(13)19)15(20)22-14-4-2-9(16)6-11(14)18/h2-8H,1H3. The molecule has 116 valence electrons. The number of carbonyl (C=O) groups excluding carboxylic acids is 1. The molecule has 2 aromatic rings. The Bertz CT molecular complexity index is 706. The van der Waals surface area contributed by atoms with Crippen LogP contribution in [0.3, 0.4) is 0 Å². The molecule has 0 radical (unpaired) electrons. The van der Waals surface area contributed by atoms with Crippen molar-refractivity contribution in [2.75, 3.05) is 0 Å². The first-order chi connectivity index (χ1) is 10.4. The maximum absolute atomic E-state index is 12.0. The molecule has 1 atom stereocenters. The second-order valence-corrected chi connectivity index (χ2v) is 6.50.